The van der Waals surface area contributed by atoms with Crippen LogP contribution in [0.4, 0.5) is 5.69 Å². The maximum absolute atomic E-state index is 12.2. The number of ether oxygens (including phenoxy) is 3. The summed E-state index contributed by atoms with van der Waals surface area (Å²) < 4.78 is 15.4. The fraction of sp³-hybridized carbons (Fsp3) is 0.333. The highest BCUT2D eigenvalue weighted by Gasteiger charge is 2.19. The number of benzene rings is 2. The molecule has 1 amide bonds. The van der Waals surface area contributed by atoms with Gasteiger partial charge in [0.2, 0.25) is 0 Å². The molecule has 0 radical (unpaired) electrons. The Morgan fingerprint density at radius 3 is 2.26 bits per heavy atom. The summed E-state index contributed by atoms with van der Waals surface area (Å²) >= 11 is 0. The van der Waals surface area contributed by atoms with Crippen molar-refractivity contribution in [3.8, 4) is 11.5 Å². The number of methoxy groups -OCH3 is 2. The van der Waals surface area contributed by atoms with Gasteiger partial charge < -0.3 is 19.5 Å². The van der Waals surface area contributed by atoms with Gasteiger partial charge in [-0.15, -0.1) is 0 Å². The van der Waals surface area contributed by atoms with E-state index in [1.54, 1.807) is 12.1 Å². The van der Waals surface area contributed by atoms with Crippen molar-refractivity contribution in [2.24, 2.45) is 0 Å². The van der Waals surface area contributed by atoms with E-state index < -0.39 is 11.9 Å². The second-order valence-electron chi connectivity index (χ2n) is 6.99. The van der Waals surface area contributed by atoms with E-state index in [9.17, 15) is 9.59 Å². The van der Waals surface area contributed by atoms with Crippen LogP contribution in [-0.2, 0) is 14.9 Å². The molecule has 2 aromatic rings. The molecule has 6 nitrogen and oxygen atoms in total. The first-order chi connectivity index (χ1) is 12.8. The van der Waals surface area contributed by atoms with Gasteiger partial charge in [0, 0.05) is 5.69 Å². The quantitative estimate of drug-likeness (QED) is 0.782. The Morgan fingerprint density at radius 1 is 0.963 bits per heavy atom. The molecule has 0 heterocycles. The molecular formula is C21H25NO5. The van der Waals surface area contributed by atoms with Crippen molar-refractivity contribution in [1.29, 1.82) is 0 Å². The Kier molecular flexibility index (Phi) is 6.45. The van der Waals surface area contributed by atoms with E-state index in [1.807, 2.05) is 24.3 Å². The molecule has 1 N–H and O–H groups in total. The van der Waals surface area contributed by atoms with Gasteiger partial charge >= 0.3 is 5.97 Å². The number of rotatable bonds is 6. The molecule has 0 aliphatic rings. The molecule has 0 unspecified atom stereocenters. The second-order valence-corrected chi connectivity index (χ2v) is 6.99. The van der Waals surface area contributed by atoms with E-state index in [-0.39, 0.29) is 17.6 Å². The number of carbonyl (C=O) groups is 2. The van der Waals surface area contributed by atoms with Crippen LogP contribution in [0.25, 0.3) is 0 Å². The van der Waals surface area contributed by atoms with Crippen LogP contribution >= 0.6 is 0 Å². The van der Waals surface area contributed by atoms with Crippen molar-refractivity contribution in [2.75, 3.05) is 26.1 Å². The Hall–Kier alpha value is -3.02. The smallest absolute Gasteiger partial charge is 0.338 e. The fourth-order valence-electron chi connectivity index (χ4n) is 2.61. The summed E-state index contributed by atoms with van der Waals surface area (Å²) in [7, 11) is 2.99. The SMILES string of the molecule is COc1ccc(C(=O)OCC(=O)Nc2ccccc2C(C)(C)C)cc1OC. The highest BCUT2D eigenvalue weighted by molar-refractivity contribution is 5.96. The summed E-state index contributed by atoms with van der Waals surface area (Å²) in [6.07, 6.45) is 0. The lowest BCUT2D eigenvalue weighted by Crippen LogP contribution is -2.23. The van der Waals surface area contributed by atoms with E-state index in [1.165, 1.54) is 20.3 Å². The van der Waals surface area contributed by atoms with Gasteiger partial charge in [-0.25, -0.2) is 4.79 Å². The Bertz CT molecular complexity index is 824. The van der Waals surface area contributed by atoms with Gasteiger partial charge in [0.05, 0.1) is 19.8 Å². The predicted octanol–water partition coefficient (Wildman–Crippen LogP) is 3.80. The van der Waals surface area contributed by atoms with Gasteiger partial charge in [0.15, 0.2) is 18.1 Å². The highest BCUT2D eigenvalue weighted by Crippen LogP contribution is 2.29. The van der Waals surface area contributed by atoms with Gasteiger partial charge in [-0.1, -0.05) is 39.0 Å². The molecule has 0 aliphatic carbocycles. The predicted molar refractivity (Wildman–Crippen MR) is 104 cm³/mol. The van der Waals surface area contributed by atoms with Crippen LogP contribution in [0.3, 0.4) is 0 Å². The number of anilines is 1. The van der Waals surface area contributed by atoms with Gasteiger partial charge in [-0.2, -0.15) is 0 Å². The van der Waals surface area contributed by atoms with E-state index >= 15 is 0 Å². The molecule has 0 spiro atoms. The zero-order valence-corrected chi connectivity index (χ0v) is 16.3. The first-order valence-corrected chi connectivity index (χ1v) is 8.54. The summed E-state index contributed by atoms with van der Waals surface area (Å²) in [5.41, 5.74) is 1.86. The normalized spacial score (nSPS) is 10.9. The minimum absolute atomic E-state index is 0.125. The van der Waals surface area contributed by atoms with Crippen LogP contribution in [0.15, 0.2) is 42.5 Å². The number of amides is 1. The maximum atomic E-state index is 12.2. The van der Waals surface area contributed by atoms with Crippen LogP contribution < -0.4 is 14.8 Å². The minimum Gasteiger partial charge on any atom is -0.493 e. The molecule has 2 rings (SSSR count). The molecule has 0 aliphatic heterocycles. The highest BCUT2D eigenvalue weighted by atomic mass is 16.5. The van der Waals surface area contributed by atoms with Crippen LogP contribution in [0, 0.1) is 0 Å². The molecule has 0 atom stereocenters. The van der Waals surface area contributed by atoms with Crippen molar-refractivity contribution < 1.29 is 23.8 Å². The van der Waals surface area contributed by atoms with Gasteiger partial charge in [-0.05, 0) is 35.2 Å². The monoisotopic (exact) mass is 371 g/mol. The Morgan fingerprint density at radius 2 is 1.63 bits per heavy atom. The topological polar surface area (TPSA) is 73.9 Å². The molecule has 2 aromatic carbocycles. The largest absolute Gasteiger partial charge is 0.493 e. The number of para-hydroxylation sites is 1. The summed E-state index contributed by atoms with van der Waals surface area (Å²) in [4.78, 5) is 24.4. The Labute approximate surface area is 159 Å². The van der Waals surface area contributed by atoms with E-state index in [0.29, 0.717) is 17.2 Å². The minimum atomic E-state index is -0.616. The first-order valence-electron chi connectivity index (χ1n) is 8.54. The molecule has 6 heteroatoms. The van der Waals surface area contributed by atoms with Crippen molar-refractivity contribution in [2.45, 2.75) is 26.2 Å². The number of hydrogen-bond donors (Lipinski definition) is 1. The van der Waals surface area contributed by atoms with Crippen molar-refractivity contribution in [3.63, 3.8) is 0 Å². The first kappa shape index (κ1) is 20.3. The number of hydrogen-bond acceptors (Lipinski definition) is 5. The van der Waals surface area contributed by atoms with Crippen LogP contribution in [0.1, 0.15) is 36.7 Å². The lowest BCUT2D eigenvalue weighted by Gasteiger charge is -2.22. The second kappa shape index (κ2) is 8.58. The molecule has 0 bridgehead atoms. The van der Waals surface area contributed by atoms with Gasteiger partial charge in [-0.3, -0.25) is 4.79 Å². The van der Waals surface area contributed by atoms with Crippen LogP contribution in [-0.4, -0.2) is 32.7 Å². The number of carbonyl (C=O) groups excluding carboxylic acids is 2. The molecule has 0 fully saturated rings. The molecule has 0 saturated heterocycles. The standard InChI is InChI=1S/C21H25NO5/c1-21(2,3)15-8-6-7-9-16(15)22-19(23)13-27-20(24)14-10-11-17(25-4)18(12-14)26-5/h6-12H,13H2,1-5H3,(H,22,23). The van der Waals surface area contributed by atoms with Crippen molar-refractivity contribution in [1.82, 2.24) is 0 Å². The average Bonchev–Trinajstić information content (AvgIpc) is 2.65. The summed E-state index contributed by atoms with van der Waals surface area (Å²) in [6.45, 7) is 5.81. The molecular weight excluding hydrogens is 346 g/mol. The Balaban J connectivity index is 2.01. The molecule has 0 saturated carbocycles. The summed E-state index contributed by atoms with van der Waals surface area (Å²) in [5, 5.41) is 2.80. The molecule has 27 heavy (non-hydrogen) atoms. The molecule has 0 aromatic heterocycles. The lowest BCUT2D eigenvalue weighted by atomic mass is 9.86. The zero-order chi connectivity index (χ0) is 20.0. The number of nitrogens with one attached hydrogen (secondary N) is 1. The molecule has 144 valence electrons. The van der Waals surface area contributed by atoms with Crippen molar-refractivity contribution >= 4 is 17.6 Å². The van der Waals surface area contributed by atoms with E-state index in [2.05, 4.69) is 26.1 Å². The number of esters is 1. The van der Waals surface area contributed by atoms with Crippen LogP contribution in [0.5, 0.6) is 11.5 Å². The third-order valence-corrected chi connectivity index (χ3v) is 3.96. The average molecular weight is 371 g/mol. The van der Waals surface area contributed by atoms with Crippen molar-refractivity contribution in [3.05, 3.63) is 53.6 Å². The fourth-order valence-corrected chi connectivity index (χ4v) is 2.61. The van der Waals surface area contributed by atoms with Gasteiger partial charge in [0.25, 0.3) is 5.91 Å². The zero-order valence-electron chi connectivity index (χ0n) is 16.3. The summed E-state index contributed by atoms with van der Waals surface area (Å²) in [6, 6.07) is 12.2. The summed E-state index contributed by atoms with van der Waals surface area (Å²) in [5.74, 6) is -0.100. The third kappa shape index (κ3) is 5.23. The van der Waals surface area contributed by atoms with E-state index in [4.69, 9.17) is 14.2 Å². The maximum Gasteiger partial charge on any atom is 0.338 e. The van der Waals surface area contributed by atoms with Gasteiger partial charge in [0.1, 0.15) is 0 Å². The van der Waals surface area contributed by atoms with E-state index in [0.717, 1.165) is 5.56 Å². The third-order valence-electron chi connectivity index (χ3n) is 3.96. The van der Waals surface area contributed by atoms with Crippen LogP contribution in [0.2, 0.25) is 0 Å². The lowest BCUT2D eigenvalue weighted by molar-refractivity contribution is -0.119.